The van der Waals surface area contributed by atoms with Gasteiger partial charge in [-0.25, -0.2) is 0 Å². The lowest BCUT2D eigenvalue weighted by Crippen LogP contribution is -1.92. The van der Waals surface area contributed by atoms with Gasteiger partial charge in [0.25, 0.3) is 0 Å². The van der Waals surface area contributed by atoms with E-state index in [1.807, 2.05) is 42.5 Å². The summed E-state index contributed by atoms with van der Waals surface area (Å²) in [5.74, 6) is 0. The first-order valence-corrected chi connectivity index (χ1v) is 8.43. The van der Waals surface area contributed by atoms with Crippen LogP contribution < -0.4 is 5.32 Å². The number of rotatable bonds is 2. The van der Waals surface area contributed by atoms with Gasteiger partial charge in [-0.1, -0.05) is 24.3 Å². The standard InChI is InChI=1S/C18H11Br2NO/c19-14-5-3-6-15(20)18(14)21-11-8-9-13-12-4-1-2-7-16(12)22-17(13)10-11/h1-10,21H. The minimum atomic E-state index is 0.884. The lowest BCUT2D eigenvalue weighted by molar-refractivity contribution is 0.669. The molecule has 0 aliphatic heterocycles. The van der Waals surface area contributed by atoms with Crippen molar-refractivity contribution < 1.29 is 4.42 Å². The van der Waals surface area contributed by atoms with Gasteiger partial charge in [0.15, 0.2) is 0 Å². The van der Waals surface area contributed by atoms with Crippen LogP contribution in [-0.2, 0) is 0 Å². The van der Waals surface area contributed by atoms with Crippen LogP contribution >= 0.6 is 31.9 Å². The van der Waals surface area contributed by atoms with Gasteiger partial charge < -0.3 is 9.73 Å². The highest BCUT2D eigenvalue weighted by Gasteiger charge is 2.09. The molecule has 2 nitrogen and oxygen atoms in total. The van der Waals surface area contributed by atoms with Crippen molar-refractivity contribution in [2.75, 3.05) is 5.32 Å². The molecule has 4 heteroatoms. The molecule has 4 rings (SSSR count). The van der Waals surface area contributed by atoms with Crippen molar-refractivity contribution in [3.8, 4) is 0 Å². The molecule has 0 fully saturated rings. The molecule has 0 saturated carbocycles. The molecule has 1 aromatic heterocycles. The maximum atomic E-state index is 5.93. The number of nitrogens with one attached hydrogen (secondary N) is 1. The quantitative estimate of drug-likeness (QED) is 0.386. The van der Waals surface area contributed by atoms with Crippen molar-refractivity contribution in [2.24, 2.45) is 0 Å². The Labute approximate surface area is 144 Å². The Bertz CT molecular complexity index is 971. The molecule has 0 atom stereocenters. The van der Waals surface area contributed by atoms with E-state index in [1.165, 1.54) is 0 Å². The Morgan fingerprint density at radius 1 is 0.727 bits per heavy atom. The van der Waals surface area contributed by atoms with E-state index in [1.54, 1.807) is 0 Å². The van der Waals surface area contributed by atoms with Crippen molar-refractivity contribution in [3.05, 3.63) is 69.6 Å². The van der Waals surface area contributed by atoms with E-state index in [-0.39, 0.29) is 0 Å². The predicted octanol–water partition coefficient (Wildman–Crippen LogP) is 6.85. The van der Waals surface area contributed by atoms with Crippen LogP contribution in [0.25, 0.3) is 21.9 Å². The third kappa shape index (κ3) is 2.32. The van der Waals surface area contributed by atoms with Gasteiger partial charge in [-0.3, -0.25) is 0 Å². The SMILES string of the molecule is Brc1cccc(Br)c1Nc1ccc2c(c1)oc1ccccc12. The second-order valence-corrected chi connectivity index (χ2v) is 6.74. The first-order chi connectivity index (χ1) is 10.7. The Hall–Kier alpha value is -1.78. The normalized spacial score (nSPS) is 11.2. The fraction of sp³-hybridized carbons (Fsp3) is 0. The van der Waals surface area contributed by atoms with Crippen molar-refractivity contribution in [1.82, 2.24) is 0 Å². The summed E-state index contributed by atoms with van der Waals surface area (Å²) in [7, 11) is 0. The number of hydrogen-bond donors (Lipinski definition) is 1. The van der Waals surface area contributed by atoms with Crippen LogP contribution in [0.2, 0.25) is 0 Å². The van der Waals surface area contributed by atoms with E-state index in [0.717, 1.165) is 42.3 Å². The minimum absolute atomic E-state index is 0.884. The van der Waals surface area contributed by atoms with Gasteiger partial charge in [0.05, 0.1) is 5.69 Å². The maximum absolute atomic E-state index is 5.93. The number of benzene rings is 3. The van der Waals surface area contributed by atoms with E-state index in [2.05, 4.69) is 55.4 Å². The van der Waals surface area contributed by atoms with Gasteiger partial charge in [0, 0.05) is 31.5 Å². The van der Waals surface area contributed by atoms with E-state index in [9.17, 15) is 0 Å². The molecule has 0 aliphatic carbocycles. The Kier molecular flexibility index (Phi) is 3.43. The van der Waals surface area contributed by atoms with Crippen LogP contribution in [0.1, 0.15) is 0 Å². The number of furan rings is 1. The molecular formula is C18H11Br2NO. The minimum Gasteiger partial charge on any atom is -0.456 e. The average molecular weight is 417 g/mol. The van der Waals surface area contributed by atoms with Gasteiger partial charge >= 0.3 is 0 Å². The van der Waals surface area contributed by atoms with Crippen LogP contribution in [0.4, 0.5) is 11.4 Å². The summed E-state index contributed by atoms with van der Waals surface area (Å²) in [4.78, 5) is 0. The summed E-state index contributed by atoms with van der Waals surface area (Å²) >= 11 is 7.13. The molecule has 1 heterocycles. The Morgan fingerprint density at radius 3 is 2.27 bits per heavy atom. The highest BCUT2D eigenvalue weighted by molar-refractivity contribution is 9.11. The smallest absolute Gasteiger partial charge is 0.137 e. The van der Waals surface area contributed by atoms with Crippen molar-refractivity contribution >= 4 is 65.2 Å². The first kappa shape index (κ1) is 13.9. The van der Waals surface area contributed by atoms with Crippen LogP contribution in [0.3, 0.4) is 0 Å². The molecule has 0 aliphatic rings. The topological polar surface area (TPSA) is 25.2 Å². The Morgan fingerprint density at radius 2 is 1.45 bits per heavy atom. The van der Waals surface area contributed by atoms with E-state index in [0.29, 0.717) is 0 Å². The third-order valence-electron chi connectivity index (χ3n) is 3.61. The van der Waals surface area contributed by atoms with Gasteiger partial charge in [0.1, 0.15) is 11.2 Å². The van der Waals surface area contributed by atoms with Crippen LogP contribution in [0.5, 0.6) is 0 Å². The number of hydrogen-bond acceptors (Lipinski definition) is 2. The lowest BCUT2D eigenvalue weighted by Gasteiger charge is -2.10. The third-order valence-corrected chi connectivity index (χ3v) is 4.93. The summed E-state index contributed by atoms with van der Waals surface area (Å²) < 4.78 is 7.94. The van der Waals surface area contributed by atoms with Crippen molar-refractivity contribution in [1.29, 1.82) is 0 Å². The summed E-state index contributed by atoms with van der Waals surface area (Å²) in [5.41, 5.74) is 3.78. The maximum Gasteiger partial charge on any atom is 0.137 e. The van der Waals surface area contributed by atoms with Crippen molar-refractivity contribution in [2.45, 2.75) is 0 Å². The molecular weight excluding hydrogens is 406 g/mol. The molecule has 0 radical (unpaired) electrons. The first-order valence-electron chi connectivity index (χ1n) is 6.85. The largest absolute Gasteiger partial charge is 0.456 e. The zero-order valence-electron chi connectivity index (χ0n) is 11.4. The van der Waals surface area contributed by atoms with E-state index >= 15 is 0 Å². The summed E-state index contributed by atoms with van der Waals surface area (Å²) in [6, 6.07) is 20.3. The predicted molar refractivity (Wildman–Crippen MR) is 98.8 cm³/mol. The molecule has 0 spiro atoms. The summed E-state index contributed by atoms with van der Waals surface area (Å²) in [6.07, 6.45) is 0. The molecule has 3 aromatic carbocycles. The molecule has 0 unspecified atom stereocenters. The lowest BCUT2D eigenvalue weighted by atomic mass is 10.1. The molecule has 0 bridgehead atoms. The summed E-state index contributed by atoms with van der Waals surface area (Å²) in [6.45, 7) is 0. The number of para-hydroxylation sites is 2. The zero-order chi connectivity index (χ0) is 15.1. The fourth-order valence-corrected chi connectivity index (χ4v) is 3.76. The van der Waals surface area contributed by atoms with Gasteiger partial charge in [0.2, 0.25) is 0 Å². The summed E-state index contributed by atoms with van der Waals surface area (Å²) in [5, 5.41) is 5.70. The molecule has 0 amide bonds. The van der Waals surface area contributed by atoms with Gasteiger partial charge in [-0.2, -0.15) is 0 Å². The average Bonchev–Trinajstić information content (AvgIpc) is 2.89. The van der Waals surface area contributed by atoms with Crippen LogP contribution in [0, 0.1) is 0 Å². The number of anilines is 2. The second-order valence-electron chi connectivity index (χ2n) is 5.03. The van der Waals surface area contributed by atoms with Crippen LogP contribution in [-0.4, -0.2) is 0 Å². The number of halogens is 2. The number of fused-ring (bicyclic) bond motifs is 3. The molecule has 4 aromatic rings. The van der Waals surface area contributed by atoms with Gasteiger partial charge in [-0.05, 0) is 62.2 Å². The van der Waals surface area contributed by atoms with Crippen molar-refractivity contribution in [3.63, 3.8) is 0 Å². The highest BCUT2D eigenvalue weighted by atomic mass is 79.9. The Balaban J connectivity index is 1.81. The highest BCUT2D eigenvalue weighted by Crippen LogP contribution is 2.35. The molecule has 22 heavy (non-hydrogen) atoms. The van der Waals surface area contributed by atoms with Gasteiger partial charge in [-0.15, -0.1) is 0 Å². The monoisotopic (exact) mass is 415 g/mol. The zero-order valence-corrected chi connectivity index (χ0v) is 14.6. The molecule has 1 N–H and O–H groups in total. The second kappa shape index (κ2) is 5.45. The van der Waals surface area contributed by atoms with E-state index in [4.69, 9.17) is 4.42 Å². The molecule has 0 saturated heterocycles. The molecule has 108 valence electrons. The van der Waals surface area contributed by atoms with E-state index < -0.39 is 0 Å². The fourth-order valence-electron chi connectivity index (χ4n) is 2.57. The van der Waals surface area contributed by atoms with Crippen LogP contribution in [0.15, 0.2) is 74.0 Å².